The fraction of sp³-hybridized carbons (Fsp3) is 0.600. The second kappa shape index (κ2) is 12.9. The van der Waals surface area contributed by atoms with Crippen molar-refractivity contribution in [2.24, 2.45) is 17.8 Å². The van der Waals surface area contributed by atoms with Crippen LogP contribution in [0.15, 0.2) is 42.1 Å². The first-order chi connectivity index (χ1) is 16.0. The minimum atomic E-state index is -0.243. The maximum absolute atomic E-state index is 13.0. The molecule has 0 saturated heterocycles. The van der Waals surface area contributed by atoms with Crippen LogP contribution in [0.1, 0.15) is 103 Å². The summed E-state index contributed by atoms with van der Waals surface area (Å²) in [6.07, 6.45) is 17.0. The number of hydrogen-bond donors (Lipinski definition) is 1. The molecule has 0 heterocycles. The molecule has 3 heteroatoms. The highest BCUT2D eigenvalue weighted by Crippen LogP contribution is 2.39. The molecule has 0 bridgehead atoms. The Morgan fingerprint density at radius 2 is 1.85 bits per heavy atom. The van der Waals surface area contributed by atoms with Crippen LogP contribution >= 0.6 is 0 Å². The number of carbonyl (C=O) groups is 2. The van der Waals surface area contributed by atoms with Crippen molar-refractivity contribution in [3.05, 3.63) is 53.2 Å². The maximum Gasteiger partial charge on any atom is 0.227 e. The summed E-state index contributed by atoms with van der Waals surface area (Å²) in [7, 11) is 0. The molecule has 2 aliphatic rings. The van der Waals surface area contributed by atoms with Crippen LogP contribution < -0.4 is 5.32 Å². The van der Waals surface area contributed by atoms with Gasteiger partial charge in [0.05, 0.1) is 0 Å². The van der Waals surface area contributed by atoms with E-state index in [0.29, 0.717) is 25.2 Å². The zero-order valence-electron chi connectivity index (χ0n) is 21.0. The summed E-state index contributed by atoms with van der Waals surface area (Å²) in [4.78, 5) is 25.2. The number of amides is 1. The minimum Gasteiger partial charge on any atom is -0.326 e. The Morgan fingerprint density at radius 3 is 2.55 bits per heavy atom. The van der Waals surface area contributed by atoms with Crippen LogP contribution in [-0.4, -0.2) is 11.7 Å². The number of rotatable bonds is 12. The Labute approximate surface area is 201 Å². The van der Waals surface area contributed by atoms with Crippen molar-refractivity contribution >= 4 is 17.3 Å². The molecule has 180 valence electrons. The molecular formula is C30H43NO2. The molecule has 1 aromatic rings. The van der Waals surface area contributed by atoms with Gasteiger partial charge in [-0.15, -0.1) is 0 Å². The number of Topliss-reactive ketones (excluding diaryl/α,β-unsaturated/α-hetero) is 1. The molecule has 1 saturated carbocycles. The largest absolute Gasteiger partial charge is 0.326 e. The molecule has 1 aromatic carbocycles. The molecule has 0 aromatic heterocycles. The van der Waals surface area contributed by atoms with Crippen LogP contribution in [0.25, 0.3) is 5.57 Å². The van der Waals surface area contributed by atoms with Crippen molar-refractivity contribution in [2.75, 3.05) is 0 Å². The average molecular weight is 450 g/mol. The summed E-state index contributed by atoms with van der Waals surface area (Å²) in [6, 6.07) is 8.94. The normalized spacial score (nSPS) is 19.7. The van der Waals surface area contributed by atoms with E-state index in [1.54, 1.807) is 0 Å². The van der Waals surface area contributed by atoms with Crippen molar-refractivity contribution in [3.8, 4) is 0 Å². The van der Waals surface area contributed by atoms with E-state index in [9.17, 15) is 9.59 Å². The first-order valence-electron chi connectivity index (χ1n) is 13.4. The van der Waals surface area contributed by atoms with Crippen LogP contribution in [0.5, 0.6) is 0 Å². The van der Waals surface area contributed by atoms with Crippen LogP contribution in [0.2, 0.25) is 0 Å². The SMILES string of the molecule is CCCC(=O)CC(CC)C(=O)NC1=CC(CC2CCCCC2)C(c2cccc(CCC)c2)=C1. The van der Waals surface area contributed by atoms with Gasteiger partial charge in [-0.25, -0.2) is 0 Å². The Morgan fingerprint density at radius 1 is 1.06 bits per heavy atom. The summed E-state index contributed by atoms with van der Waals surface area (Å²) >= 11 is 0. The predicted molar refractivity (Wildman–Crippen MR) is 138 cm³/mol. The predicted octanol–water partition coefficient (Wildman–Crippen LogP) is 7.41. The topological polar surface area (TPSA) is 46.2 Å². The lowest BCUT2D eigenvalue weighted by Gasteiger charge is -2.25. The zero-order valence-corrected chi connectivity index (χ0v) is 21.0. The molecule has 0 radical (unpaired) electrons. The van der Waals surface area contributed by atoms with Gasteiger partial charge >= 0.3 is 0 Å². The fourth-order valence-corrected chi connectivity index (χ4v) is 5.50. The van der Waals surface area contributed by atoms with Crippen molar-refractivity contribution in [1.82, 2.24) is 5.32 Å². The van der Waals surface area contributed by atoms with Crippen molar-refractivity contribution in [1.29, 1.82) is 0 Å². The lowest BCUT2D eigenvalue weighted by molar-refractivity contribution is -0.129. The van der Waals surface area contributed by atoms with Gasteiger partial charge in [0.15, 0.2) is 0 Å². The third-order valence-corrected chi connectivity index (χ3v) is 7.34. The van der Waals surface area contributed by atoms with E-state index in [-0.39, 0.29) is 17.6 Å². The van der Waals surface area contributed by atoms with Crippen LogP contribution in [0.4, 0.5) is 0 Å². The van der Waals surface area contributed by atoms with Gasteiger partial charge in [-0.05, 0) is 54.4 Å². The van der Waals surface area contributed by atoms with Gasteiger partial charge in [-0.2, -0.15) is 0 Å². The lowest BCUT2D eigenvalue weighted by atomic mass is 9.80. The zero-order chi connectivity index (χ0) is 23.6. The molecule has 0 aliphatic heterocycles. The maximum atomic E-state index is 13.0. The number of carbonyl (C=O) groups excluding carboxylic acids is 2. The van der Waals surface area contributed by atoms with Crippen molar-refractivity contribution in [2.45, 2.75) is 97.8 Å². The van der Waals surface area contributed by atoms with Gasteiger partial charge < -0.3 is 5.32 Å². The number of hydrogen-bond acceptors (Lipinski definition) is 2. The third kappa shape index (κ3) is 7.42. The number of nitrogens with one attached hydrogen (secondary N) is 1. The standard InChI is InChI=1S/C30H43NO2/c1-4-11-22-15-10-16-25(17-22)29-21-27(19-26(29)18-23-13-8-7-9-14-23)31-30(33)24(6-3)20-28(32)12-5-2/h10,15-17,19,21,23-24,26H,4-9,11-14,18,20H2,1-3H3,(H,31,33). The van der Waals surface area contributed by atoms with Crippen LogP contribution in [0.3, 0.4) is 0 Å². The monoisotopic (exact) mass is 449 g/mol. The molecule has 2 aliphatic carbocycles. The lowest BCUT2D eigenvalue weighted by Crippen LogP contribution is -2.30. The van der Waals surface area contributed by atoms with E-state index >= 15 is 0 Å². The van der Waals surface area contributed by atoms with Gasteiger partial charge in [-0.3, -0.25) is 9.59 Å². The van der Waals surface area contributed by atoms with E-state index in [4.69, 9.17) is 0 Å². The van der Waals surface area contributed by atoms with Crippen molar-refractivity contribution in [3.63, 3.8) is 0 Å². The third-order valence-electron chi connectivity index (χ3n) is 7.34. The molecule has 3 nitrogen and oxygen atoms in total. The molecule has 0 spiro atoms. The number of ketones is 1. The van der Waals surface area contributed by atoms with Gasteiger partial charge in [0.1, 0.15) is 5.78 Å². The molecule has 1 N–H and O–H groups in total. The molecule has 1 fully saturated rings. The molecule has 1 amide bonds. The van der Waals surface area contributed by atoms with Gasteiger partial charge in [0.25, 0.3) is 0 Å². The smallest absolute Gasteiger partial charge is 0.227 e. The Balaban J connectivity index is 1.77. The Hall–Kier alpha value is -2.16. The highest BCUT2D eigenvalue weighted by atomic mass is 16.2. The summed E-state index contributed by atoms with van der Waals surface area (Å²) in [5, 5.41) is 3.18. The van der Waals surface area contributed by atoms with Crippen LogP contribution in [0, 0.1) is 17.8 Å². The summed E-state index contributed by atoms with van der Waals surface area (Å²) in [6.45, 7) is 6.23. The van der Waals surface area contributed by atoms with E-state index in [1.165, 1.54) is 48.8 Å². The Bertz CT molecular complexity index is 860. The summed E-state index contributed by atoms with van der Waals surface area (Å²) in [5.74, 6) is 1.06. The van der Waals surface area contributed by atoms with Gasteiger partial charge in [-0.1, -0.05) is 89.6 Å². The average Bonchev–Trinajstić information content (AvgIpc) is 3.20. The molecule has 3 rings (SSSR count). The number of allylic oxidation sites excluding steroid dienone is 3. The van der Waals surface area contributed by atoms with E-state index in [1.807, 2.05) is 13.8 Å². The first-order valence-corrected chi connectivity index (χ1v) is 13.4. The van der Waals surface area contributed by atoms with Crippen molar-refractivity contribution < 1.29 is 9.59 Å². The highest BCUT2D eigenvalue weighted by Gasteiger charge is 2.27. The first kappa shape index (κ1) is 25.5. The van der Waals surface area contributed by atoms with Gasteiger partial charge in [0.2, 0.25) is 5.91 Å². The van der Waals surface area contributed by atoms with E-state index < -0.39 is 0 Å². The number of aryl methyl sites for hydroxylation is 1. The van der Waals surface area contributed by atoms with E-state index in [0.717, 1.165) is 37.3 Å². The van der Waals surface area contributed by atoms with Crippen LogP contribution in [-0.2, 0) is 16.0 Å². The number of benzene rings is 1. The molecule has 2 unspecified atom stereocenters. The summed E-state index contributed by atoms with van der Waals surface area (Å²) in [5.41, 5.74) is 4.92. The molecular weight excluding hydrogens is 406 g/mol. The fourth-order valence-electron chi connectivity index (χ4n) is 5.50. The van der Waals surface area contributed by atoms with E-state index in [2.05, 4.69) is 48.7 Å². The highest BCUT2D eigenvalue weighted by molar-refractivity contribution is 5.88. The molecule has 33 heavy (non-hydrogen) atoms. The quantitative estimate of drug-likeness (QED) is 0.361. The molecule has 2 atom stereocenters. The second-order valence-corrected chi connectivity index (χ2v) is 10.1. The summed E-state index contributed by atoms with van der Waals surface area (Å²) < 4.78 is 0. The minimum absolute atomic E-state index is 0.0122. The Kier molecular flexibility index (Phi) is 9.96. The second-order valence-electron chi connectivity index (χ2n) is 10.1. The van der Waals surface area contributed by atoms with Gasteiger partial charge in [0, 0.05) is 30.4 Å².